The highest BCUT2D eigenvalue weighted by molar-refractivity contribution is 7.99. The fraction of sp³-hybridized carbons (Fsp3) is 0.333. The van der Waals surface area contributed by atoms with Crippen LogP contribution in [0.4, 0.5) is 0 Å². The molecular formula is C12H14N2O2S. The van der Waals surface area contributed by atoms with Gasteiger partial charge in [0.1, 0.15) is 0 Å². The molecule has 17 heavy (non-hydrogen) atoms. The first-order chi connectivity index (χ1) is 8.13. The minimum Gasteiger partial charge on any atom is -0.478 e. The van der Waals surface area contributed by atoms with Gasteiger partial charge >= 0.3 is 5.97 Å². The molecule has 0 radical (unpaired) electrons. The van der Waals surface area contributed by atoms with Crippen LogP contribution in [-0.4, -0.2) is 32.1 Å². The fourth-order valence-corrected chi connectivity index (χ4v) is 2.10. The highest BCUT2D eigenvalue weighted by Crippen LogP contribution is 2.20. The van der Waals surface area contributed by atoms with Gasteiger partial charge in [0.2, 0.25) is 0 Å². The second kappa shape index (κ2) is 4.79. The van der Waals surface area contributed by atoms with Crippen molar-refractivity contribution in [3.8, 4) is 0 Å². The van der Waals surface area contributed by atoms with Gasteiger partial charge in [0, 0.05) is 11.8 Å². The van der Waals surface area contributed by atoms with Crippen molar-refractivity contribution in [3.63, 3.8) is 0 Å². The minimum atomic E-state index is -0.908. The van der Waals surface area contributed by atoms with Crippen LogP contribution in [0.2, 0.25) is 0 Å². The summed E-state index contributed by atoms with van der Waals surface area (Å²) in [6.07, 6.45) is 3.76. The third kappa shape index (κ3) is 2.29. The summed E-state index contributed by atoms with van der Waals surface area (Å²) in [6, 6.07) is 5.18. The van der Waals surface area contributed by atoms with Crippen LogP contribution in [0.15, 0.2) is 24.5 Å². The van der Waals surface area contributed by atoms with Gasteiger partial charge in [-0.3, -0.25) is 0 Å². The van der Waals surface area contributed by atoms with Crippen LogP contribution in [0.5, 0.6) is 0 Å². The predicted molar refractivity (Wildman–Crippen MR) is 69.7 cm³/mol. The van der Waals surface area contributed by atoms with E-state index in [0.29, 0.717) is 16.3 Å². The normalized spacial score (nSPS) is 12.8. The van der Waals surface area contributed by atoms with Gasteiger partial charge in [0.05, 0.1) is 22.9 Å². The summed E-state index contributed by atoms with van der Waals surface area (Å²) >= 11 is 1.75. The predicted octanol–water partition coefficient (Wildman–Crippen LogP) is 2.49. The second-order valence-corrected chi connectivity index (χ2v) is 5.20. The maximum Gasteiger partial charge on any atom is 0.337 e. The molecule has 1 aromatic carbocycles. The zero-order valence-corrected chi connectivity index (χ0v) is 10.6. The number of aromatic nitrogens is 2. The van der Waals surface area contributed by atoms with Gasteiger partial charge in [-0.15, -0.1) is 0 Å². The number of aromatic carboxylic acids is 1. The van der Waals surface area contributed by atoms with Crippen LogP contribution in [0.1, 0.15) is 17.3 Å². The Bertz CT molecular complexity index is 550. The molecule has 2 rings (SSSR count). The number of carboxylic acids is 1. The van der Waals surface area contributed by atoms with E-state index in [1.807, 2.05) is 16.9 Å². The molecule has 5 heteroatoms. The summed E-state index contributed by atoms with van der Waals surface area (Å²) in [5.41, 5.74) is 1.76. The highest BCUT2D eigenvalue weighted by atomic mass is 32.2. The number of hydrogen-bond donors (Lipinski definition) is 1. The average molecular weight is 250 g/mol. The van der Waals surface area contributed by atoms with Gasteiger partial charge in [0.25, 0.3) is 0 Å². The summed E-state index contributed by atoms with van der Waals surface area (Å²) in [5, 5.41) is 9.60. The van der Waals surface area contributed by atoms with E-state index >= 15 is 0 Å². The number of rotatable bonds is 4. The molecule has 0 amide bonds. The van der Waals surface area contributed by atoms with E-state index < -0.39 is 5.97 Å². The third-order valence-electron chi connectivity index (χ3n) is 2.72. The monoisotopic (exact) mass is 250 g/mol. The Labute approximate surface area is 104 Å². The third-order valence-corrected chi connectivity index (χ3v) is 3.68. The van der Waals surface area contributed by atoms with Gasteiger partial charge in [-0.2, -0.15) is 11.8 Å². The van der Waals surface area contributed by atoms with E-state index in [4.69, 9.17) is 0 Å². The lowest BCUT2D eigenvalue weighted by atomic mass is 10.2. The Morgan fingerprint density at radius 1 is 1.59 bits per heavy atom. The number of fused-ring (bicyclic) bond motifs is 1. The van der Waals surface area contributed by atoms with E-state index in [-0.39, 0.29) is 0 Å². The van der Waals surface area contributed by atoms with Gasteiger partial charge in [-0.05, 0) is 18.4 Å². The van der Waals surface area contributed by atoms with Crippen molar-refractivity contribution in [1.82, 2.24) is 9.55 Å². The van der Waals surface area contributed by atoms with E-state index in [9.17, 15) is 9.90 Å². The lowest BCUT2D eigenvalue weighted by molar-refractivity contribution is 0.0698. The van der Waals surface area contributed by atoms with Gasteiger partial charge in [0.15, 0.2) is 0 Å². The number of thioether (sulfide) groups is 1. The van der Waals surface area contributed by atoms with E-state index in [1.54, 1.807) is 30.2 Å². The summed E-state index contributed by atoms with van der Waals surface area (Å²) < 4.78 is 1.92. The Morgan fingerprint density at radius 2 is 2.35 bits per heavy atom. The molecular weight excluding hydrogens is 236 g/mol. The zero-order valence-electron chi connectivity index (χ0n) is 9.75. The van der Waals surface area contributed by atoms with E-state index in [0.717, 1.165) is 12.1 Å². The number of benzene rings is 1. The molecule has 1 aromatic heterocycles. The van der Waals surface area contributed by atoms with Crippen molar-refractivity contribution in [2.75, 3.05) is 6.26 Å². The topological polar surface area (TPSA) is 55.1 Å². The molecule has 90 valence electrons. The largest absolute Gasteiger partial charge is 0.478 e. The molecule has 4 nitrogen and oxygen atoms in total. The van der Waals surface area contributed by atoms with Crippen LogP contribution in [0.25, 0.3) is 11.0 Å². The number of hydrogen-bond acceptors (Lipinski definition) is 3. The molecule has 2 aromatic rings. The average Bonchev–Trinajstić information content (AvgIpc) is 2.72. The smallest absolute Gasteiger partial charge is 0.337 e. The van der Waals surface area contributed by atoms with Gasteiger partial charge < -0.3 is 9.67 Å². The molecule has 0 aliphatic heterocycles. The summed E-state index contributed by atoms with van der Waals surface area (Å²) in [5.74, 6) is -0.908. The Morgan fingerprint density at radius 3 is 3.00 bits per heavy atom. The maximum atomic E-state index is 11.2. The van der Waals surface area contributed by atoms with Crippen LogP contribution in [0, 0.1) is 0 Å². The molecule has 0 bridgehead atoms. The SMILES string of the molecule is CSC(C)Cn1cnc2cccc(C(=O)O)c21. The Kier molecular flexibility index (Phi) is 3.38. The standard InChI is InChI=1S/C12H14N2O2S/c1-8(17-2)6-14-7-13-10-5-3-4-9(11(10)14)12(15)16/h3-5,7-8H,6H2,1-2H3,(H,15,16). The molecule has 1 N–H and O–H groups in total. The first kappa shape index (κ1) is 12.0. The molecule has 0 aliphatic rings. The molecule has 0 spiro atoms. The minimum absolute atomic E-state index is 0.313. The van der Waals surface area contributed by atoms with Crippen molar-refractivity contribution in [2.24, 2.45) is 0 Å². The van der Waals surface area contributed by atoms with Crippen LogP contribution in [-0.2, 0) is 6.54 Å². The molecule has 1 unspecified atom stereocenters. The number of nitrogens with zero attached hydrogens (tertiary/aromatic N) is 2. The Hall–Kier alpha value is -1.49. The van der Waals surface area contributed by atoms with Crippen molar-refractivity contribution >= 4 is 28.8 Å². The van der Waals surface area contributed by atoms with Gasteiger partial charge in [-0.25, -0.2) is 9.78 Å². The summed E-state index contributed by atoms with van der Waals surface area (Å²) in [6.45, 7) is 2.88. The number of para-hydroxylation sites is 1. The molecule has 0 fully saturated rings. The Balaban J connectivity index is 2.53. The first-order valence-corrected chi connectivity index (χ1v) is 6.62. The molecule has 1 atom stereocenters. The first-order valence-electron chi connectivity index (χ1n) is 5.33. The van der Waals surface area contributed by atoms with E-state index in [2.05, 4.69) is 11.9 Å². The zero-order chi connectivity index (χ0) is 12.4. The number of carboxylic acid groups (broad SMARTS) is 1. The molecule has 0 saturated carbocycles. The summed E-state index contributed by atoms with van der Waals surface area (Å²) in [4.78, 5) is 15.4. The fourth-order valence-electron chi connectivity index (χ4n) is 1.79. The van der Waals surface area contributed by atoms with Crippen molar-refractivity contribution in [2.45, 2.75) is 18.7 Å². The molecule has 1 heterocycles. The number of carbonyl (C=O) groups is 1. The quantitative estimate of drug-likeness (QED) is 0.905. The van der Waals surface area contributed by atoms with Crippen molar-refractivity contribution < 1.29 is 9.90 Å². The van der Waals surface area contributed by atoms with E-state index in [1.165, 1.54) is 0 Å². The lowest BCUT2D eigenvalue weighted by Crippen LogP contribution is -2.10. The maximum absolute atomic E-state index is 11.2. The second-order valence-electron chi connectivity index (χ2n) is 3.92. The van der Waals surface area contributed by atoms with Crippen LogP contribution < -0.4 is 0 Å². The van der Waals surface area contributed by atoms with Gasteiger partial charge in [-0.1, -0.05) is 13.0 Å². The highest BCUT2D eigenvalue weighted by Gasteiger charge is 2.14. The van der Waals surface area contributed by atoms with Crippen molar-refractivity contribution in [1.29, 1.82) is 0 Å². The van der Waals surface area contributed by atoms with Crippen LogP contribution in [0.3, 0.4) is 0 Å². The van der Waals surface area contributed by atoms with Crippen LogP contribution >= 0.6 is 11.8 Å². The molecule has 0 saturated heterocycles. The lowest BCUT2D eigenvalue weighted by Gasteiger charge is -2.10. The van der Waals surface area contributed by atoms with Crippen molar-refractivity contribution in [3.05, 3.63) is 30.1 Å². The molecule has 0 aliphatic carbocycles. The summed E-state index contributed by atoms with van der Waals surface area (Å²) in [7, 11) is 0. The number of imidazole rings is 1.